The van der Waals surface area contributed by atoms with Crippen LogP contribution in [0.4, 0.5) is 14.0 Å². The Labute approximate surface area is 173 Å². The number of nitrogens with one attached hydrogen (secondary N) is 1. The molecular formula is C22H24FN3O4. The maximum atomic E-state index is 13.5. The van der Waals surface area contributed by atoms with Crippen LogP contribution >= 0.6 is 0 Å². The molecule has 0 saturated carbocycles. The summed E-state index contributed by atoms with van der Waals surface area (Å²) in [6.45, 7) is 0.906. The van der Waals surface area contributed by atoms with E-state index in [-0.39, 0.29) is 43.4 Å². The minimum absolute atomic E-state index is 0.0468. The first-order valence-electron chi connectivity index (χ1n) is 9.97. The SMILES string of the molecule is O=C(O)N1CC(O)C(CNC(=O)N2CCc3ccccc3[C@@H]2c2ccc(F)cc2)C1. The minimum Gasteiger partial charge on any atom is -0.465 e. The van der Waals surface area contributed by atoms with Crippen molar-refractivity contribution in [2.24, 2.45) is 5.92 Å². The summed E-state index contributed by atoms with van der Waals surface area (Å²) in [6, 6.07) is 13.4. The van der Waals surface area contributed by atoms with Gasteiger partial charge in [0.1, 0.15) is 5.82 Å². The van der Waals surface area contributed by atoms with Crippen LogP contribution in [0.1, 0.15) is 22.7 Å². The Kier molecular flexibility index (Phi) is 5.59. The third kappa shape index (κ3) is 3.95. The predicted molar refractivity (Wildman–Crippen MR) is 108 cm³/mol. The van der Waals surface area contributed by atoms with Crippen LogP contribution in [-0.4, -0.2) is 64.4 Å². The zero-order chi connectivity index (χ0) is 21.3. The molecule has 0 radical (unpaired) electrons. The van der Waals surface area contributed by atoms with E-state index in [4.69, 9.17) is 5.11 Å². The zero-order valence-corrected chi connectivity index (χ0v) is 16.4. The summed E-state index contributed by atoms with van der Waals surface area (Å²) in [5, 5.41) is 22.1. The second-order valence-corrected chi connectivity index (χ2v) is 7.80. The van der Waals surface area contributed by atoms with E-state index in [1.54, 1.807) is 17.0 Å². The molecule has 4 rings (SSSR count). The molecule has 0 aliphatic carbocycles. The molecule has 158 valence electrons. The monoisotopic (exact) mass is 413 g/mol. The highest BCUT2D eigenvalue weighted by atomic mass is 19.1. The summed E-state index contributed by atoms with van der Waals surface area (Å²) >= 11 is 0. The molecule has 2 aliphatic rings. The fourth-order valence-electron chi connectivity index (χ4n) is 4.32. The van der Waals surface area contributed by atoms with Crippen LogP contribution in [0, 0.1) is 11.7 Å². The van der Waals surface area contributed by atoms with Gasteiger partial charge >= 0.3 is 12.1 Å². The van der Waals surface area contributed by atoms with Crippen molar-refractivity contribution in [2.75, 3.05) is 26.2 Å². The van der Waals surface area contributed by atoms with E-state index in [1.165, 1.54) is 12.1 Å². The van der Waals surface area contributed by atoms with Gasteiger partial charge in [-0.05, 0) is 35.2 Å². The van der Waals surface area contributed by atoms with Crippen molar-refractivity contribution in [3.8, 4) is 0 Å². The van der Waals surface area contributed by atoms with Crippen LogP contribution in [0.15, 0.2) is 48.5 Å². The average Bonchev–Trinajstić information content (AvgIpc) is 3.13. The molecule has 1 saturated heterocycles. The number of amides is 3. The second kappa shape index (κ2) is 8.31. The van der Waals surface area contributed by atoms with E-state index < -0.39 is 12.2 Å². The number of aliphatic hydroxyl groups excluding tert-OH is 1. The van der Waals surface area contributed by atoms with E-state index in [0.717, 1.165) is 21.6 Å². The van der Waals surface area contributed by atoms with Crippen molar-refractivity contribution in [3.63, 3.8) is 0 Å². The molecule has 0 aromatic heterocycles. The molecule has 1 fully saturated rings. The van der Waals surface area contributed by atoms with E-state index >= 15 is 0 Å². The molecule has 3 amide bonds. The Hall–Kier alpha value is -3.13. The number of urea groups is 1. The number of hydrogen-bond donors (Lipinski definition) is 3. The van der Waals surface area contributed by atoms with Crippen LogP contribution in [0.25, 0.3) is 0 Å². The summed E-state index contributed by atoms with van der Waals surface area (Å²) in [5.41, 5.74) is 2.97. The number of carbonyl (C=O) groups is 2. The van der Waals surface area contributed by atoms with E-state index in [2.05, 4.69) is 5.32 Å². The van der Waals surface area contributed by atoms with Crippen molar-refractivity contribution < 1.29 is 24.2 Å². The van der Waals surface area contributed by atoms with Gasteiger partial charge in [0.25, 0.3) is 0 Å². The van der Waals surface area contributed by atoms with E-state index in [9.17, 15) is 19.1 Å². The van der Waals surface area contributed by atoms with Gasteiger partial charge in [0.05, 0.1) is 18.7 Å². The molecule has 30 heavy (non-hydrogen) atoms. The lowest BCUT2D eigenvalue weighted by Gasteiger charge is -2.38. The fourth-order valence-corrected chi connectivity index (χ4v) is 4.32. The zero-order valence-electron chi connectivity index (χ0n) is 16.4. The Balaban J connectivity index is 1.52. The first kappa shape index (κ1) is 20.2. The van der Waals surface area contributed by atoms with Crippen molar-refractivity contribution in [1.29, 1.82) is 0 Å². The van der Waals surface area contributed by atoms with Crippen LogP contribution in [-0.2, 0) is 6.42 Å². The average molecular weight is 413 g/mol. The van der Waals surface area contributed by atoms with E-state index in [1.807, 2.05) is 24.3 Å². The highest BCUT2D eigenvalue weighted by molar-refractivity contribution is 5.76. The third-order valence-corrected chi connectivity index (χ3v) is 5.92. The van der Waals surface area contributed by atoms with Gasteiger partial charge in [-0.2, -0.15) is 0 Å². The third-order valence-electron chi connectivity index (χ3n) is 5.92. The smallest absolute Gasteiger partial charge is 0.407 e. The minimum atomic E-state index is -1.08. The summed E-state index contributed by atoms with van der Waals surface area (Å²) in [5.74, 6) is -0.691. The molecule has 2 heterocycles. The second-order valence-electron chi connectivity index (χ2n) is 7.80. The molecule has 8 heteroatoms. The molecule has 3 atom stereocenters. The Bertz CT molecular complexity index is 936. The fraction of sp³-hybridized carbons (Fsp3) is 0.364. The van der Waals surface area contributed by atoms with Gasteiger partial charge in [-0.1, -0.05) is 36.4 Å². The van der Waals surface area contributed by atoms with Gasteiger partial charge in [-0.25, -0.2) is 14.0 Å². The number of halogens is 1. The van der Waals surface area contributed by atoms with Gasteiger partial charge in [0, 0.05) is 25.6 Å². The molecule has 7 nitrogen and oxygen atoms in total. The van der Waals surface area contributed by atoms with Crippen LogP contribution < -0.4 is 5.32 Å². The van der Waals surface area contributed by atoms with Gasteiger partial charge in [-0.15, -0.1) is 0 Å². The first-order chi connectivity index (χ1) is 14.4. The highest BCUT2D eigenvalue weighted by Gasteiger charge is 2.36. The van der Waals surface area contributed by atoms with Gasteiger partial charge in [-0.3, -0.25) is 0 Å². The van der Waals surface area contributed by atoms with Crippen molar-refractivity contribution in [2.45, 2.75) is 18.6 Å². The number of hydrogen-bond acceptors (Lipinski definition) is 3. The predicted octanol–water partition coefficient (Wildman–Crippen LogP) is 2.45. The molecule has 3 N–H and O–H groups in total. The standard InChI is InChI=1S/C22H24FN3O4/c23-17-7-5-15(6-8-17)20-18-4-2-1-3-14(18)9-10-26(20)21(28)24-11-16-12-25(22(29)30)13-19(16)27/h1-8,16,19-20,27H,9-13H2,(H,24,28)(H,29,30)/t16?,19?,20-/m0/s1. The Morgan fingerprint density at radius 3 is 2.53 bits per heavy atom. The normalized spacial score (nSPS) is 23.2. The maximum Gasteiger partial charge on any atom is 0.407 e. The van der Waals surface area contributed by atoms with Crippen molar-refractivity contribution in [1.82, 2.24) is 15.1 Å². The number of likely N-dealkylation sites (tertiary alicyclic amines) is 1. The highest BCUT2D eigenvalue weighted by Crippen LogP contribution is 2.35. The largest absolute Gasteiger partial charge is 0.465 e. The Morgan fingerprint density at radius 2 is 1.83 bits per heavy atom. The lowest BCUT2D eigenvalue weighted by Crippen LogP contribution is -2.48. The summed E-state index contributed by atoms with van der Waals surface area (Å²) < 4.78 is 13.5. The van der Waals surface area contributed by atoms with Crippen LogP contribution in [0.3, 0.4) is 0 Å². The van der Waals surface area contributed by atoms with Gasteiger partial charge < -0.3 is 25.3 Å². The van der Waals surface area contributed by atoms with Crippen LogP contribution in [0.2, 0.25) is 0 Å². The lowest BCUT2D eigenvalue weighted by atomic mass is 9.88. The van der Waals surface area contributed by atoms with Crippen LogP contribution in [0.5, 0.6) is 0 Å². The number of benzene rings is 2. The Morgan fingerprint density at radius 1 is 1.10 bits per heavy atom. The maximum absolute atomic E-state index is 13.5. The quantitative estimate of drug-likeness (QED) is 0.721. The summed E-state index contributed by atoms with van der Waals surface area (Å²) in [4.78, 5) is 27.0. The number of carbonyl (C=O) groups excluding carboxylic acids is 1. The topological polar surface area (TPSA) is 93.1 Å². The molecule has 2 aliphatic heterocycles. The first-order valence-corrected chi connectivity index (χ1v) is 9.97. The number of rotatable bonds is 3. The number of carboxylic acid groups (broad SMARTS) is 1. The van der Waals surface area contributed by atoms with Crippen molar-refractivity contribution >= 4 is 12.1 Å². The number of β-amino-alcohol motifs (C(OH)–C–C–N with tert-alkyl or cyclic N) is 1. The lowest BCUT2D eigenvalue weighted by molar-refractivity contribution is 0.129. The molecule has 0 bridgehead atoms. The number of aliphatic hydroxyl groups is 1. The summed E-state index contributed by atoms with van der Waals surface area (Å²) in [7, 11) is 0. The van der Waals surface area contributed by atoms with E-state index in [0.29, 0.717) is 13.0 Å². The summed E-state index contributed by atoms with van der Waals surface area (Å²) in [6.07, 6.45) is -1.18. The number of nitrogens with zero attached hydrogens (tertiary/aromatic N) is 2. The van der Waals surface area contributed by atoms with Crippen molar-refractivity contribution in [3.05, 3.63) is 71.0 Å². The van der Waals surface area contributed by atoms with Gasteiger partial charge in [0.15, 0.2) is 0 Å². The molecular weight excluding hydrogens is 389 g/mol. The van der Waals surface area contributed by atoms with Gasteiger partial charge in [0.2, 0.25) is 0 Å². The number of fused-ring (bicyclic) bond motifs is 1. The molecule has 2 aromatic carbocycles. The molecule has 2 unspecified atom stereocenters. The molecule has 2 aromatic rings. The molecule has 0 spiro atoms.